The van der Waals surface area contributed by atoms with Gasteiger partial charge in [0.2, 0.25) is 0 Å². The van der Waals surface area contributed by atoms with Crippen molar-refractivity contribution in [3.63, 3.8) is 0 Å². The molecule has 1 heterocycles. The smallest absolute Gasteiger partial charge is 0.198 e. The van der Waals surface area contributed by atoms with Gasteiger partial charge in [-0.2, -0.15) is 0 Å². The molecule has 1 saturated heterocycles. The van der Waals surface area contributed by atoms with Crippen LogP contribution in [0.4, 0.5) is 0 Å². The first kappa shape index (κ1) is 17.4. The molecule has 1 aliphatic heterocycles. The molecule has 5 rings (SSSR count). The van der Waals surface area contributed by atoms with Crippen LogP contribution in [0.5, 0.6) is 11.5 Å². The second kappa shape index (κ2) is 5.90. The van der Waals surface area contributed by atoms with Crippen molar-refractivity contribution in [2.45, 2.75) is 32.0 Å². The zero-order valence-corrected chi connectivity index (χ0v) is 15.4. The van der Waals surface area contributed by atoms with Gasteiger partial charge in [0.25, 0.3) is 0 Å². The van der Waals surface area contributed by atoms with Crippen LogP contribution in [0.25, 0.3) is 0 Å². The number of ether oxygens (including phenoxy) is 2. The first-order chi connectivity index (χ1) is 13.4. The SMILES string of the molecule is CC1([C@H]2CCc3c(O)c4c(c(O)c3C2)C(=O)c2ccccc2C4=O)OCCO1. The van der Waals surface area contributed by atoms with E-state index in [1.54, 1.807) is 24.3 Å². The van der Waals surface area contributed by atoms with E-state index in [0.29, 0.717) is 43.6 Å². The second-order valence-electron chi connectivity index (χ2n) is 7.76. The van der Waals surface area contributed by atoms with E-state index >= 15 is 0 Å². The lowest BCUT2D eigenvalue weighted by molar-refractivity contribution is -0.183. The highest BCUT2D eigenvalue weighted by atomic mass is 16.7. The van der Waals surface area contributed by atoms with Crippen molar-refractivity contribution in [1.29, 1.82) is 0 Å². The Morgan fingerprint density at radius 3 is 2.04 bits per heavy atom. The van der Waals surface area contributed by atoms with Crippen molar-refractivity contribution < 1.29 is 29.3 Å². The van der Waals surface area contributed by atoms with Crippen molar-refractivity contribution in [3.8, 4) is 11.5 Å². The summed E-state index contributed by atoms with van der Waals surface area (Å²) in [5, 5.41) is 21.9. The molecule has 2 aromatic carbocycles. The predicted molar refractivity (Wildman–Crippen MR) is 98.9 cm³/mol. The van der Waals surface area contributed by atoms with Crippen molar-refractivity contribution in [2.24, 2.45) is 5.92 Å². The molecule has 0 spiro atoms. The van der Waals surface area contributed by atoms with Gasteiger partial charge in [0.15, 0.2) is 17.4 Å². The summed E-state index contributed by atoms with van der Waals surface area (Å²) in [7, 11) is 0. The number of fused-ring (bicyclic) bond motifs is 3. The predicted octanol–water partition coefficient (Wildman–Crippen LogP) is 2.74. The third kappa shape index (κ3) is 2.22. The van der Waals surface area contributed by atoms with E-state index < -0.39 is 17.4 Å². The molecule has 6 nitrogen and oxygen atoms in total. The fraction of sp³-hybridized carbons (Fsp3) is 0.364. The molecule has 2 aromatic rings. The third-order valence-electron chi connectivity index (χ3n) is 6.33. The van der Waals surface area contributed by atoms with E-state index in [2.05, 4.69) is 0 Å². The van der Waals surface area contributed by atoms with Crippen LogP contribution < -0.4 is 0 Å². The summed E-state index contributed by atoms with van der Waals surface area (Å²) in [6.07, 6.45) is 1.56. The Kier molecular flexibility index (Phi) is 3.66. The highest BCUT2D eigenvalue weighted by Gasteiger charge is 2.44. The van der Waals surface area contributed by atoms with E-state index in [4.69, 9.17) is 9.47 Å². The van der Waals surface area contributed by atoms with E-state index in [9.17, 15) is 19.8 Å². The number of hydrogen-bond acceptors (Lipinski definition) is 6. The quantitative estimate of drug-likeness (QED) is 0.631. The first-order valence-electron chi connectivity index (χ1n) is 9.48. The molecule has 6 heteroatoms. The van der Waals surface area contributed by atoms with Gasteiger partial charge in [-0.25, -0.2) is 0 Å². The molecule has 0 saturated carbocycles. The molecule has 2 N–H and O–H groups in total. The van der Waals surface area contributed by atoms with Crippen molar-refractivity contribution in [1.82, 2.24) is 0 Å². The lowest BCUT2D eigenvalue weighted by atomic mass is 9.74. The van der Waals surface area contributed by atoms with Crippen molar-refractivity contribution in [2.75, 3.05) is 13.2 Å². The molecule has 28 heavy (non-hydrogen) atoms. The van der Waals surface area contributed by atoms with E-state index in [1.165, 1.54) is 0 Å². The van der Waals surface area contributed by atoms with Crippen LogP contribution in [0, 0.1) is 5.92 Å². The van der Waals surface area contributed by atoms with Gasteiger partial charge in [-0.1, -0.05) is 24.3 Å². The average Bonchev–Trinajstić information content (AvgIpc) is 3.16. The Hall–Kier alpha value is -2.70. The largest absolute Gasteiger partial charge is 0.507 e. The minimum atomic E-state index is -0.748. The van der Waals surface area contributed by atoms with Crippen LogP contribution in [0.3, 0.4) is 0 Å². The molecule has 2 aliphatic carbocycles. The van der Waals surface area contributed by atoms with Gasteiger partial charge in [0.1, 0.15) is 11.5 Å². The molecule has 0 bridgehead atoms. The fourth-order valence-corrected chi connectivity index (χ4v) is 4.78. The standard InChI is InChI=1S/C22H20O6/c1-22(27-8-9-28-22)11-6-7-14-15(10-11)21(26)17-16(20(14)25)18(23)12-4-2-3-5-13(12)19(17)24/h2-5,11,25-26H,6-10H2,1H3/t11-/m0/s1. The number of ketones is 2. The van der Waals surface area contributed by atoms with Gasteiger partial charge in [-0.05, 0) is 26.2 Å². The Morgan fingerprint density at radius 2 is 1.46 bits per heavy atom. The topological polar surface area (TPSA) is 93.1 Å². The summed E-state index contributed by atoms with van der Waals surface area (Å²) >= 11 is 0. The van der Waals surface area contributed by atoms with E-state index in [1.807, 2.05) is 6.92 Å². The summed E-state index contributed by atoms with van der Waals surface area (Å²) in [6.45, 7) is 2.92. The number of aromatic hydroxyl groups is 2. The molecule has 0 amide bonds. The number of carbonyl (C=O) groups excluding carboxylic acids is 2. The molecule has 0 aromatic heterocycles. The van der Waals surface area contributed by atoms with Gasteiger partial charge in [0.05, 0.1) is 24.3 Å². The van der Waals surface area contributed by atoms with Gasteiger partial charge >= 0.3 is 0 Å². The summed E-state index contributed by atoms with van der Waals surface area (Å²) in [5.41, 5.74) is 1.36. The zero-order chi connectivity index (χ0) is 19.6. The van der Waals surface area contributed by atoms with Crippen LogP contribution in [0.2, 0.25) is 0 Å². The summed E-state index contributed by atoms with van der Waals surface area (Å²) in [4.78, 5) is 26.0. The van der Waals surface area contributed by atoms with Crippen LogP contribution in [0.1, 0.15) is 56.3 Å². The Labute approximate surface area is 161 Å². The summed E-state index contributed by atoms with van der Waals surface area (Å²) in [5.74, 6) is -2.04. The minimum Gasteiger partial charge on any atom is -0.507 e. The van der Waals surface area contributed by atoms with Gasteiger partial charge in [0, 0.05) is 28.2 Å². The lowest BCUT2D eigenvalue weighted by Crippen LogP contribution is -2.39. The molecule has 3 aliphatic rings. The van der Waals surface area contributed by atoms with E-state index in [0.717, 1.165) is 0 Å². The minimum absolute atomic E-state index is 0.0208. The summed E-state index contributed by atoms with van der Waals surface area (Å²) < 4.78 is 11.5. The number of hydrogen-bond donors (Lipinski definition) is 2. The Morgan fingerprint density at radius 1 is 0.929 bits per heavy atom. The lowest BCUT2D eigenvalue weighted by Gasteiger charge is -2.37. The second-order valence-corrected chi connectivity index (χ2v) is 7.76. The van der Waals surface area contributed by atoms with Gasteiger partial charge in [-0.3, -0.25) is 9.59 Å². The molecule has 1 atom stereocenters. The van der Waals surface area contributed by atoms with Crippen molar-refractivity contribution >= 4 is 11.6 Å². The number of carbonyl (C=O) groups is 2. The van der Waals surface area contributed by atoms with Gasteiger partial charge in [-0.15, -0.1) is 0 Å². The number of rotatable bonds is 1. The third-order valence-corrected chi connectivity index (χ3v) is 6.33. The summed E-state index contributed by atoms with van der Waals surface area (Å²) in [6, 6.07) is 6.49. The zero-order valence-electron chi connectivity index (χ0n) is 15.4. The maximum atomic E-state index is 13.0. The van der Waals surface area contributed by atoms with Gasteiger partial charge < -0.3 is 19.7 Å². The Balaban J connectivity index is 1.67. The normalized spacial score (nSPS) is 22.5. The number of phenols is 2. The molecule has 144 valence electrons. The van der Waals surface area contributed by atoms with Crippen LogP contribution >= 0.6 is 0 Å². The fourth-order valence-electron chi connectivity index (χ4n) is 4.78. The highest BCUT2D eigenvalue weighted by Crippen LogP contribution is 2.48. The molecular weight excluding hydrogens is 360 g/mol. The van der Waals surface area contributed by atoms with Crippen LogP contribution in [-0.4, -0.2) is 40.8 Å². The maximum absolute atomic E-state index is 13.0. The average molecular weight is 380 g/mol. The molecule has 0 radical (unpaired) electrons. The molecule has 1 fully saturated rings. The molecular formula is C22H20O6. The monoisotopic (exact) mass is 380 g/mol. The van der Waals surface area contributed by atoms with Crippen LogP contribution in [-0.2, 0) is 22.3 Å². The highest BCUT2D eigenvalue weighted by molar-refractivity contribution is 6.30. The number of phenolic OH excluding ortho intramolecular Hbond substituents is 2. The first-order valence-corrected chi connectivity index (χ1v) is 9.48. The van der Waals surface area contributed by atoms with Crippen LogP contribution in [0.15, 0.2) is 24.3 Å². The van der Waals surface area contributed by atoms with E-state index in [-0.39, 0.29) is 39.7 Å². The Bertz CT molecular complexity index is 1030. The number of benzene rings is 2. The molecule has 0 unspecified atom stereocenters. The van der Waals surface area contributed by atoms with Crippen molar-refractivity contribution in [3.05, 3.63) is 57.6 Å². The maximum Gasteiger partial charge on any atom is 0.198 e.